The van der Waals surface area contributed by atoms with Gasteiger partial charge >= 0.3 is 0 Å². The van der Waals surface area contributed by atoms with Gasteiger partial charge in [-0.15, -0.1) is 11.3 Å². The smallest absolute Gasteiger partial charge is 0.185 e. The van der Waals surface area contributed by atoms with E-state index in [0.717, 1.165) is 24.9 Å². The Morgan fingerprint density at radius 3 is 2.78 bits per heavy atom. The fraction of sp³-hybridized carbons (Fsp3) is 0.786. The Morgan fingerprint density at radius 1 is 1.44 bits per heavy atom. The third-order valence-corrected chi connectivity index (χ3v) is 4.80. The van der Waals surface area contributed by atoms with Gasteiger partial charge in [0, 0.05) is 25.0 Å². The monoisotopic (exact) mass is 267 g/mol. The predicted octanol–water partition coefficient (Wildman–Crippen LogP) is 3.13. The van der Waals surface area contributed by atoms with Crippen LogP contribution in [0.25, 0.3) is 0 Å². The number of anilines is 1. The minimum Gasteiger partial charge on any atom is -0.348 e. The minimum absolute atomic E-state index is 0.827. The van der Waals surface area contributed by atoms with Gasteiger partial charge < -0.3 is 10.2 Å². The molecule has 0 radical (unpaired) electrons. The van der Waals surface area contributed by atoms with Gasteiger partial charge in [-0.05, 0) is 31.2 Å². The molecule has 1 fully saturated rings. The van der Waals surface area contributed by atoms with E-state index in [4.69, 9.17) is 4.98 Å². The molecule has 0 aliphatic carbocycles. The van der Waals surface area contributed by atoms with Crippen LogP contribution in [0.3, 0.4) is 0 Å². The van der Waals surface area contributed by atoms with E-state index in [9.17, 15) is 0 Å². The van der Waals surface area contributed by atoms with E-state index >= 15 is 0 Å². The van der Waals surface area contributed by atoms with Crippen molar-refractivity contribution in [2.75, 3.05) is 24.5 Å². The molecule has 1 aromatic heterocycles. The third kappa shape index (κ3) is 3.45. The maximum absolute atomic E-state index is 4.72. The molecule has 1 N–H and O–H groups in total. The lowest BCUT2D eigenvalue weighted by molar-refractivity contribution is 0.311. The van der Waals surface area contributed by atoms with Gasteiger partial charge in [-0.3, -0.25) is 0 Å². The minimum atomic E-state index is 0.827. The summed E-state index contributed by atoms with van der Waals surface area (Å²) in [5.41, 5.74) is 1.18. The number of nitrogens with one attached hydrogen (secondary N) is 1. The lowest BCUT2D eigenvalue weighted by Gasteiger charge is -2.33. The first-order chi connectivity index (χ1) is 8.70. The highest BCUT2D eigenvalue weighted by Crippen LogP contribution is 2.29. The van der Waals surface area contributed by atoms with E-state index in [2.05, 4.69) is 36.4 Å². The van der Waals surface area contributed by atoms with Crippen LogP contribution in [0.2, 0.25) is 0 Å². The summed E-state index contributed by atoms with van der Waals surface area (Å²) in [6, 6.07) is 0. The average molecular weight is 267 g/mol. The van der Waals surface area contributed by atoms with Gasteiger partial charge in [0.05, 0.1) is 5.69 Å². The zero-order valence-corrected chi connectivity index (χ0v) is 12.6. The third-order valence-electron chi connectivity index (χ3n) is 3.85. The molecule has 1 saturated heterocycles. The Labute approximate surface area is 115 Å². The molecule has 1 aliphatic heterocycles. The maximum Gasteiger partial charge on any atom is 0.185 e. The van der Waals surface area contributed by atoms with Crippen molar-refractivity contribution >= 4 is 16.5 Å². The molecular weight excluding hydrogens is 242 g/mol. The van der Waals surface area contributed by atoms with Crippen molar-refractivity contribution in [3.05, 3.63) is 11.1 Å². The highest BCUT2D eigenvalue weighted by molar-refractivity contribution is 7.13. The number of aromatic nitrogens is 1. The van der Waals surface area contributed by atoms with E-state index < -0.39 is 0 Å². The van der Waals surface area contributed by atoms with Crippen LogP contribution in [-0.4, -0.2) is 24.6 Å². The molecule has 1 aliphatic rings. The van der Waals surface area contributed by atoms with Crippen molar-refractivity contribution < 1.29 is 0 Å². The molecular formula is C14H25N3S. The molecule has 2 rings (SSSR count). The normalized spacial score (nSPS) is 17.7. The van der Waals surface area contributed by atoms with Gasteiger partial charge in [0.15, 0.2) is 5.13 Å². The first kappa shape index (κ1) is 13.8. The van der Waals surface area contributed by atoms with Gasteiger partial charge in [0.25, 0.3) is 0 Å². The summed E-state index contributed by atoms with van der Waals surface area (Å²) in [5, 5.41) is 6.73. The highest BCUT2D eigenvalue weighted by atomic mass is 32.1. The van der Waals surface area contributed by atoms with E-state index in [1.165, 1.54) is 36.8 Å². The standard InChI is InChI=1S/C14H25N3S/c1-4-15-9-13-10-18-14(16-13)17-7-5-12(6-8-17)11(2)3/h10-12,15H,4-9H2,1-3H3. The van der Waals surface area contributed by atoms with Crippen LogP contribution in [0, 0.1) is 11.8 Å². The number of nitrogens with zero attached hydrogens (tertiary/aromatic N) is 2. The number of piperidine rings is 1. The van der Waals surface area contributed by atoms with Gasteiger partial charge in [0.1, 0.15) is 0 Å². The second kappa shape index (κ2) is 6.53. The van der Waals surface area contributed by atoms with Crippen LogP contribution >= 0.6 is 11.3 Å². The second-order valence-electron chi connectivity index (χ2n) is 5.47. The lowest BCUT2D eigenvalue weighted by atomic mass is 9.87. The molecule has 2 heterocycles. The molecule has 0 unspecified atom stereocenters. The quantitative estimate of drug-likeness (QED) is 0.888. The van der Waals surface area contributed by atoms with Gasteiger partial charge in [0.2, 0.25) is 0 Å². The van der Waals surface area contributed by atoms with Crippen LogP contribution in [0.5, 0.6) is 0 Å². The molecule has 4 heteroatoms. The fourth-order valence-electron chi connectivity index (χ4n) is 2.53. The predicted molar refractivity (Wildman–Crippen MR) is 79.3 cm³/mol. The summed E-state index contributed by atoms with van der Waals surface area (Å²) in [7, 11) is 0. The Hall–Kier alpha value is -0.610. The van der Waals surface area contributed by atoms with Crippen LogP contribution in [0.15, 0.2) is 5.38 Å². The van der Waals surface area contributed by atoms with Gasteiger partial charge in [-0.2, -0.15) is 0 Å². The Kier molecular flexibility index (Phi) is 5.01. The summed E-state index contributed by atoms with van der Waals surface area (Å²) < 4.78 is 0. The van der Waals surface area contributed by atoms with E-state index in [1.54, 1.807) is 11.3 Å². The Balaban J connectivity index is 1.87. The summed E-state index contributed by atoms with van der Waals surface area (Å²) in [6.07, 6.45) is 2.64. The molecule has 0 amide bonds. The number of hydrogen-bond acceptors (Lipinski definition) is 4. The van der Waals surface area contributed by atoms with Crippen molar-refractivity contribution in [1.82, 2.24) is 10.3 Å². The second-order valence-corrected chi connectivity index (χ2v) is 6.31. The summed E-state index contributed by atoms with van der Waals surface area (Å²) >= 11 is 1.79. The molecule has 0 saturated carbocycles. The first-order valence-electron chi connectivity index (χ1n) is 7.10. The molecule has 0 spiro atoms. The summed E-state index contributed by atoms with van der Waals surface area (Å²) in [4.78, 5) is 7.18. The first-order valence-corrected chi connectivity index (χ1v) is 7.98. The largest absolute Gasteiger partial charge is 0.348 e. The van der Waals surface area contributed by atoms with Crippen LogP contribution in [0.1, 0.15) is 39.3 Å². The van der Waals surface area contributed by atoms with E-state index in [0.29, 0.717) is 0 Å². The molecule has 0 atom stereocenters. The number of thiazole rings is 1. The molecule has 3 nitrogen and oxygen atoms in total. The van der Waals surface area contributed by atoms with Crippen molar-refractivity contribution in [3.8, 4) is 0 Å². The Bertz CT molecular complexity index is 354. The van der Waals surface area contributed by atoms with Crippen LogP contribution in [0.4, 0.5) is 5.13 Å². The SMILES string of the molecule is CCNCc1csc(N2CCC(C(C)C)CC2)n1. The van der Waals surface area contributed by atoms with Crippen molar-refractivity contribution in [2.24, 2.45) is 11.8 Å². The van der Waals surface area contributed by atoms with Crippen LogP contribution < -0.4 is 10.2 Å². The molecule has 0 bridgehead atoms. The highest BCUT2D eigenvalue weighted by Gasteiger charge is 2.23. The molecule has 102 valence electrons. The van der Waals surface area contributed by atoms with Gasteiger partial charge in [-0.1, -0.05) is 20.8 Å². The van der Waals surface area contributed by atoms with Gasteiger partial charge in [-0.25, -0.2) is 4.98 Å². The average Bonchev–Trinajstić information content (AvgIpc) is 2.85. The molecule has 0 aromatic carbocycles. The maximum atomic E-state index is 4.72. The molecule has 18 heavy (non-hydrogen) atoms. The Morgan fingerprint density at radius 2 is 2.17 bits per heavy atom. The number of hydrogen-bond donors (Lipinski definition) is 1. The van der Waals surface area contributed by atoms with Crippen LogP contribution in [-0.2, 0) is 6.54 Å². The molecule has 1 aromatic rings. The van der Waals surface area contributed by atoms with E-state index in [-0.39, 0.29) is 0 Å². The summed E-state index contributed by atoms with van der Waals surface area (Å²) in [5.74, 6) is 1.73. The topological polar surface area (TPSA) is 28.2 Å². The summed E-state index contributed by atoms with van der Waals surface area (Å²) in [6.45, 7) is 11.1. The van der Waals surface area contributed by atoms with Crippen molar-refractivity contribution in [2.45, 2.75) is 40.2 Å². The van der Waals surface area contributed by atoms with E-state index in [1.807, 2.05) is 0 Å². The number of rotatable bonds is 5. The van der Waals surface area contributed by atoms with Crippen molar-refractivity contribution in [3.63, 3.8) is 0 Å². The fourth-order valence-corrected chi connectivity index (χ4v) is 3.41. The lowest BCUT2D eigenvalue weighted by Crippen LogP contribution is -2.35. The zero-order valence-electron chi connectivity index (χ0n) is 11.8. The van der Waals surface area contributed by atoms with Crippen molar-refractivity contribution in [1.29, 1.82) is 0 Å². The zero-order chi connectivity index (χ0) is 13.0.